The molecule has 3 heterocycles. The Morgan fingerprint density at radius 1 is 1.16 bits per heavy atom. The maximum atomic E-state index is 13.7. The topological polar surface area (TPSA) is 84.7 Å². The minimum atomic E-state index is -0.429. The third kappa shape index (κ3) is 5.19. The predicted molar refractivity (Wildman–Crippen MR) is 140 cm³/mol. The lowest BCUT2D eigenvalue weighted by molar-refractivity contribution is 0.0661. The van der Waals surface area contributed by atoms with Gasteiger partial charge in [0.15, 0.2) is 5.76 Å². The van der Waals surface area contributed by atoms with Crippen LogP contribution < -0.4 is 10.1 Å². The van der Waals surface area contributed by atoms with Crippen molar-refractivity contribution in [1.29, 1.82) is 0 Å². The zero-order chi connectivity index (χ0) is 26.1. The van der Waals surface area contributed by atoms with Crippen molar-refractivity contribution < 1.29 is 23.1 Å². The highest BCUT2D eigenvalue weighted by Crippen LogP contribution is 2.38. The first kappa shape index (κ1) is 24.4. The molecule has 7 nitrogen and oxygen atoms in total. The fraction of sp³-hybridized carbons (Fsp3) is 0.276. The number of hydrogen-bond acceptors (Lipinski definition) is 6. The number of carbonyl (C=O) groups excluding carboxylic acids is 2. The Hall–Kier alpha value is -3.98. The molecule has 1 fully saturated rings. The molecule has 9 heteroatoms. The standard InChI is InChI=1S/C29H26FN3O4S/c30-21-8-5-20(6-9-21)27-23-14-22(10-7-19(23)11-12-33(27)29(35)25-2-1-13-36-25)37-16-26-32-24(17-38-26)28(34)31-15-18-3-4-18/h1-2,5-10,13-14,17-18,27H,3-4,11-12,15-16H2,(H,31,34)/t27-/m1/s1. The van der Waals surface area contributed by atoms with Crippen LogP contribution in [0.25, 0.3) is 0 Å². The van der Waals surface area contributed by atoms with Gasteiger partial charge in [-0.05, 0) is 78.3 Å². The summed E-state index contributed by atoms with van der Waals surface area (Å²) in [4.78, 5) is 31.9. The van der Waals surface area contributed by atoms with E-state index in [2.05, 4.69) is 10.3 Å². The molecule has 0 radical (unpaired) electrons. The number of nitrogens with one attached hydrogen (secondary N) is 1. The van der Waals surface area contributed by atoms with E-state index in [1.165, 1.54) is 42.6 Å². The number of halogens is 1. The Morgan fingerprint density at radius 3 is 2.76 bits per heavy atom. The first-order valence-electron chi connectivity index (χ1n) is 12.6. The Morgan fingerprint density at radius 2 is 2.00 bits per heavy atom. The van der Waals surface area contributed by atoms with E-state index in [4.69, 9.17) is 9.15 Å². The fourth-order valence-corrected chi connectivity index (χ4v) is 5.41. The summed E-state index contributed by atoms with van der Waals surface area (Å²) >= 11 is 1.38. The molecule has 0 bridgehead atoms. The molecule has 4 aromatic rings. The maximum Gasteiger partial charge on any atom is 0.290 e. The molecule has 0 saturated heterocycles. The van der Waals surface area contributed by atoms with E-state index in [0.717, 1.165) is 16.7 Å². The summed E-state index contributed by atoms with van der Waals surface area (Å²) in [6.45, 7) is 1.42. The van der Waals surface area contributed by atoms with E-state index >= 15 is 0 Å². The summed E-state index contributed by atoms with van der Waals surface area (Å²) in [5, 5.41) is 5.38. The molecule has 0 spiro atoms. The van der Waals surface area contributed by atoms with Gasteiger partial charge in [0.05, 0.1) is 12.3 Å². The molecule has 194 valence electrons. The number of ether oxygens (including phenoxy) is 1. The number of amides is 2. The molecule has 2 aromatic heterocycles. The van der Waals surface area contributed by atoms with Gasteiger partial charge >= 0.3 is 0 Å². The molecule has 38 heavy (non-hydrogen) atoms. The van der Waals surface area contributed by atoms with Crippen molar-refractivity contribution in [2.75, 3.05) is 13.1 Å². The molecule has 1 aliphatic carbocycles. The number of thiazole rings is 1. The second kappa shape index (κ2) is 10.4. The highest BCUT2D eigenvalue weighted by molar-refractivity contribution is 7.09. The van der Waals surface area contributed by atoms with Crippen molar-refractivity contribution in [1.82, 2.24) is 15.2 Å². The summed E-state index contributed by atoms with van der Waals surface area (Å²) in [5.74, 6) is 0.767. The quantitative estimate of drug-likeness (QED) is 0.330. The van der Waals surface area contributed by atoms with Crippen LogP contribution in [-0.4, -0.2) is 34.8 Å². The first-order chi connectivity index (χ1) is 18.5. The third-order valence-electron chi connectivity index (χ3n) is 6.92. The fourth-order valence-electron chi connectivity index (χ4n) is 4.72. The summed E-state index contributed by atoms with van der Waals surface area (Å²) in [7, 11) is 0. The van der Waals surface area contributed by atoms with Gasteiger partial charge in [0.1, 0.15) is 28.9 Å². The molecule has 0 unspecified atom stereocenters. The zero-order valence-corrected chi connectivity index (χ0v) is 21.4. The number of furan rings is 1. The Labute approximate surface area is 223 Å². The van der Waals surface area contributed by atoms with Crippen molar-refractivity contribution in [3.05, 3.63) is 105 Å². The average Bonchev–Trinajstić information content (AvgIpc) is 3.38. The number of fused-ring (bicyclic) bond motifs is 1. The number of rotatable bonds is 8. The highest BCUT2D eigenvalue weighted by atomic mass is 32.1. The number of hydrogen-bond donors (Lipinski definition) is 1. The van der Waals surface area contributed by atoms with E-state index in [1.54, 1.807) is 34.5 Å². The van der Waals surface area contributed by atoms with E-state index in [-0.39, 0.29) is 30.0 Å². The van der Waals surface area contributed by atoms with E-state index in [0.29, 0.717) is 41.9 Å². The van der Waals surface area contributed by atoms with Gasteiger partial charge in [-0.15, -0.1) is 11.3 Å². The van der Waals surface area contributed by atoms with Gasteiger partial charge in [0, 0.05) is 18.5 Å². The smallest absolute Gasteiger partial charge is 0.290 e. The van der Waals surface area contributed by atoms with Crippen LogP contribution in [0.1, 0.15) is 61.6 Å². The summed E-state index contributed by atoms with van der Waals surface area (Å²) in [5.41, 5.74) is 3.22. The molecule has 2 amide bonds. The molecule has 1 atom stereocenters. The lowest BCUT2D eigenvalue weighted by Crippen LogP contribution is -2.40. The lowest BCUT2D eigenvalue weighted by Gasteiger charge is -2.37. The van der Waals surface area contributed by atoms with Gasteiger partial charge in [0.2, 0.25) is 0 Å². The van der Waals surface area contributed by atoms with Gasteiger partial charge in [-0.2, -0.15) is 0 Å². The molecule has 1 saturated carbocycles. The van der Waals surface area contributed by atoms with Gasteiger partial charge in [-0.25, -0.2) is 9.37 Å². The van der Waals surface area contributed by atoms with Crippen LogP contribution in [0.3, 0.4) is 0 Å². The second-order valence-electron chi connectivity index (χ2n) is 9.61. The molecule has 1 aliphatic heterocycles. The molecule has 2 aromatic carbocycles. The summed E-state index contributed by atoms with van der Waals surface area (Å²) in [6.07, 6.45) is 4.50. The van der Waals surface area contributed by atoms with Crippen LogP contribution in [0.2, 0.25) is 0 Å². The number of carbonyl (C=O) groups is 2. The van der Waals surface area contributed by atoms with Crippen molar-refractivity contribution in [2.24, 2.45) is 5.92 Å². The van der Waals surface area contributed by atoms with E-state index < -0.39 is 6.04 Å². The third-order valence-corrected chi connectivity index (χ3v) is 7.74. The van der Waals surface area contributed by atoms with Crippen LogP contribution in [0.5, 0.6) is 5.75 Å². The van der Waals surface area contributed by atoms with Crippen LogP contribution in [0, 0.1) is 11.7 Å². The van der Waals surface area contributed by atoms with Gasteiger partial charge in [-0.3, -0.25) is 9.59 Å². The van der Waals surface area contributed by atoms with Crippen molar-refractivity contribution >= 4 is 23.2 Å². The molecule has 2 aliphatic rings. The van der Waals surface area contributed by atoms with E-state index in [9.17, 15) is 14.0 Å². The molecular weight excluding hydrogens is 505 g/mol. The number of benzene rings is 2. The number of aromatic nitrogens is 1. The zero-order valence-electron chi connectivity index (χ0n) is 20.6. The van der Waals surface area contributed by atoms with Crippen LogP contribution in [0.4, 0.5) is 4.39 Å². The average molecular weight is 532 g/mol. The van der Waals surface area contributed by atoms with Crippen LogP contribution >= 0.6 is 11.3 Å². The van der Waals surface area contributed by atoms with Gasteiger partial charge in [-0.1, -0.05) is 18.2 Å². The van der Waals surface area contributed by atoms with Crippen LogP contribution in [-0.2, 0) is 13.0 Å². The van der Waals surface area contributed by atoms with Gasteiger partial charge < -0.3 is 19.4 Å². The van der Waals surface area contributed by atoms with Crippen molar-refractivity contribution in [3.63, 3.8) is 0 Å². The van der Waals surface area contributed by atoms with Crippen LogP contribution in [0.15, 0.2) is 70.7 Å². The Bertz CT molecular complexity index is 1450. The second-order valence-corrected chi connectivity index (χ2v) is 10.6. The normalized spacial score (nSPS) is 16.7. The van der Waals surface area contributed by atoms with Crippen molar-refractivity contribution in [3.8, 4) is 5.75 Å². The lowest BCUT2D eigenvalue weighted by atomic mass is 9.87. The molecule has 6 rings (SSSR count). The first-order valence-corrected chi connectivity index (χ1v) is 13.5. The summed E-state index contributed by atoms with van der Waals surface area (Å²) in [6, 6.07) is 15.0. The largest absolute Gasteiger partial charge is 0.486 e. The van der Waals surface area contributed by atoms with E-state index in [1.807, 2.05) is 18.2 Å². The molecule has 1 N–H and O–H groups in total. The van der Waals surface area contributed by atoms with Gasteiger partial charge in [0.25, 0.3) is 11.8 Å². The number of nitrogens with zero attached hydrogens (tertiary/aromatic N) is 2. The maximum absolute atomic E-state index is 13.7. The monoisotopic (exact) mass is 531 g/mol. The minimum absolute atomic E-state index is 0.156. The highest BCUT2D eigenvalue weighted by Gasteiger charge is 2.34. The predicted octanol–water partition coefficient (Wildman–Crippen LogP) is 5.38. The molecular formula is C29H26FN3O4S. The Kier molecular flexibility index (Phi) is 6.68. The SMILES string of the molecule is O=C(NCC1CC1)c1csc(COc2ccc3c(c2)[C@@H](c2ccc(F)cc2)N(C(=O)c2ccco2)CC3)n1. The minimum Gasteiger partial charge on any atom is -0.486 e. The Balaban J connectivity index is 1.23. The summed E-state index contributed by atoms with van der Waals surface area (Å²) < 4.78 is 25.2. The van der Waals surface area contributed by atoms with Crippen molar-refractivity contribution in [2.45, 2.75) is 31.9 Å².